The zero-order chi connectivity index (χ0) is 25.1. The quantitative estimate of drug-likeness (QED) is 0.419. The second kappa shape index (κ2) is 10.3. The van der Waals surface area contributed by atoms with Crippen molar-refractivity contribution in [2.45, 2.75) is 6.61 Å². The Morgan fingerprint density at radius 3 is 2.56 bits per heavy atom. The molecule has 8 nitrogen and oxygen atoms in total. The number of benzene rings is 3. The lowest BCUT2D eigenvalue weighted by Gasteiger charge is -2.12. The van der Waals surface area contributed by atoms with Crippen LogP contribution in [0.4, 0.5) is 10.5 Å². The number of fused-ring (bicyclic) bond motifs is 1. The summed E-state index contributed by atoms with van der Waals surface area (Å²) in [6.45, 7) is 0.118. The molecule has 1 N–H and O–H groups in total. The largest absolute Gasteiger partial charge is 0.489 e. The van der Waals surface area contributed by atoms with E-state index in [1.807, 2.05) is 12.1 Å². The van der Waals surface area contributed by atoms with Gasteiger partial charge < -0.3 is 19.5 Å². The smallest absolute Gasteiger partial charge is 0.294 e. The Hall–Kier alpha value is -3.95. The summed E-state index contributed by atoms with van der Waals surface area (Å²) in [4.78, 5) is 38.8. The Balaban J connectivity index is 1.18. The highest BCUT2D eigenvalue weighted by Crippen LogP contribution is 2.35. The molecule has 3 aromatic rings. The van der Waals surface area contributed by atoms with Crippen LogP contribution < -0.4 is 19.5 Å². The van der Waals surface area contributed by atoms with Crippen LogP contribution in [0.5, 0.6) is 17.2 Å². The third-order valence-electron chi connectivity index (χ3n) is 5.33. The fraction of sp³-hybridized carbons (Fsp3) is 0.115. The van der Waals surface area contributed by atoms with Crippen LogP contribution in [0, 0.1) is 0 Å². The van der Waals surface area contributed by atoms with Crippen LogP contribution in [0.25, 0.3) is 6.08 Å². The van der Waals surface area contributed by atoms with Gasteiger partial charge in [-0.05, 0) is 65.4 Å². The van der Waals surface area contributed by atoms with Gasteiger partial charge in [-0.3, -0.25) is 19.3 Å². The molecule has 0 unspecified atom stereocenters. The molecule has 10 heteroatoms. The fourth-order valence-electron chi connectivity index (χ4n) is 3.51. The zero-order valence-electron chi connectivity index (χ0n) is 18.7. The van der Waals surface area contributed by atoms with Gasteiger partial charge in [-0.1, -0.05) is 35.9 Å². The minimum Gasteiger partial charge on any atom is -0.489 e. The van der Waals surface area contributed by atoms with Crippen molar-refractivity contribution in [3.63, 3.8) is 0 Å². The Morgan fingerprint density at radius 2 is 1.78 bits per heavy atom. The van der Waals surface area contributed by atoms with Crippen molar-refractivity contribution in [3.05, 3.63) is 87.8 Å². The van der Waals surface area contributed by atoms with Crippen LogP contribution in [0.3, 0.4) is 0 Å². The highest BCUT2D eigenvalue weighted by molar-refractivity contribution is 8.18. The number of hydrogen-bond acceptors (Lipinski definition) is 7. The minimum atomic E-state index is -0.520. The van der Waals surface area contributed by atoms with E-state index in [2.05, 4.69) is 5.32 Å². The van der Waals surface area contributed by atoms with Gasteiger partial charge >= 0.3 is 0 Å². The van der Waals surface area contributed by atoms with Crippen molar-refractivity contribution in [1.29, 1.82) is 0 Å². The molecule has 0 atom stereocenters. The van der Waals surface area contributed by atoms with Crippen LogP contribution in [0.15, 0.2) is 71.6 Å². The van der Waals surface area contributed by atoms with Crippen LogP contribution >= 0.6 is 23.4 Å². The molecular formula is C26H19ClN2O6S. The van der Waals surface area contributed by atoms with Gasteiger partial charge in [0.1, 0.15) is 18.9 Å². The summed E-state index contributed by atoms with van der Waals surface area (Å²) in [5, 5.41) is 2.83. The number of carbonyl (C=O) groups is 3. The van der Waals surface area contributed by atoms with Gasteiger partial charge in [0.2, 0.25) is 12.7 Å². The molecule has 3 amide bonds. The molecule has 0 spiro atoms. The fourth-order valence-corrected chi connectivity index (χ4v) is 4.48. The molecule has 36 heavy (non-hydrogen) atoms. The second-order valence-corrected chi connectivity index (χ2v) is 9.30. The molecule has 0 saturated carbocycles. The SMILES string of the molecule is O=C(CN1C(=O)S/C(=C/c2ccc(OCc3ccc(Cl)cc3)cc2)C1=O)Nc1ccc2c(c1)OCO2. The number of imide groups is 1. The first-order valence-electron chi connectivity index (χ1n) is 10.9. The van der Waals surface area contributed by atoms with Crippen molar-refractivity contribution in [1.82, 2.24) is 4.90 Å². The van der Waals surface area contributed by atoms with E-state index in [1.54, 1.807) is 60.7 Å². The number of halogens is 1. The number of anilines is 1. The van der Waals surface area contributed by atoms with E-state index >= 15 is 0 Å². The summed E-state index contributed by atoms with van der Waals surface area (Å²) < 4.78 is 16.3. The topological polar surface area (TPSA) is 94.2 Å². The lowest BCUT2D eigenvalue weighted by molar-refractivity contribution is -0.127. The first-order valence-corrected chi connectivity index (χ1v) is 12.1. The molecule has 2 heterocycles. The van der Waals surface area contributed by atoms with Crippen molar-refractivity contribution in [2.75, 3.05) is 18.7 Å². The molecule has 1 fully saturated rings. The molecule has 0 radical (unpaired) electrons. The zero-order valence-corrected chi connectivity index (χ0v) is 20.3. The monoisotopic (exact) mass is 522 g/mol. The Morgan fingerprint density at radius 1 is 1.03 bits per heavy atom. The summed E-state index contributed by atoms with van der Waals surface area (Å²) in [6.07, 6.45) is 1.61. The molecule has 3 aromatic carbocycles. The normalized spacial score (nSPS) is 15.5. The van der Waals surface area contributed by atoms with Crippen LogP contribution in [-0.2, 0) is 16.2 Å². The summed E-state index contributed by atoms with van der Waals surface area (Å²) in [5.41, 5.74) is 2.19. The predicted molar refractivity (Wildman–Crippen MR) is 136 cm³/mol. The third kappa shape index (κ3) is 5.48. The minimum absolute atomic E-state index is 0.120. The summed E-state index contributed by atoms with van der Waals surface area (Å²) in [5.74, 6) is 0.748. The van der Waals surface area contributed by atoms with Gasteiger partial charge in [-0.25, -0.2) is 0 Å². The van der Waals surface area contributed by atoms with E-state index in [9.17, 15) is 14.4 Å². The van der Waals surface area contributed by atoms with Gasteiger partial charge in [0.05, 0.1) is 4.91 Å². The standard InChI is InChI=1S/C26H19ClN2O6S/c27-18-5-1-17(2-6-18)14-33-20-8-3-16(4-9-20)11-23-25(31)29(26(32)36-23)13-24(30)28-19-7-10-21-22(12-19)35-15-34-21/h1-12H,13-15H2,(H,28,30)/b23-11+. The number of ether oxygens (including phenoxy) is 3. The molecule has 2 aliphatic heterocycles. The number of carbonyl (C=O) groups excluding carboxylic acids is 3. The Bertz CT molecular complexity index is 1360. The highest BCUT2D eigenvalue weighted by Gasteiger charge is 2.36. The lowest BCUT2D eigenvalue weighted by atomic mass is 10.2. The van der Waals surface area contributed by atoms with Gasteiger partial charge in [0, 0.05) is 16.8 Å². The summed E-state index contributed by atoms with van der Waals surface area (Å²) in [6, 6.07) is 19.5. The Labute approximate surface area is 215 Å². The second-order valence-electron chi connectivity index (χ2n) is 7.87. The number of rotatable bonds is 7. The van der Waals surface area contributed by atoms with E-state index in [0.717, 1.165) is 27.8 Å². The van der Waals surface area contributed by atoms with Gasteiger partial charge in [-0.2, -0.15) is 0 Å². The molecule has 182 valence electrons. The maximum atomic E-state index is 12.8. The van der Waals surface area contributed by atoms with E-state index in [-0.39, 0.29) is 11.7 Å². The first-order chi connectivity index (χ1) is 17.4. The molecule has 5 rings (SSSR count). The predicted octanol–water partition coefficient (Wildman–Crippen LogP) is 5.32. The maximum Gasteiger partial charge on any atom is 0.294 e. The van der Waals surface area contributed by atoms with Crippen molar-refractivity contribution < 1.29 is 28.6 Å². The maximum absolute atomic E-state index is 12.8. The number of amides is 3. The van der Waals surface area contributed by atoms with Crippen LogP contribution in [-0.4, -0.2) is 35.3 Å². The molecule has 0 aliphatic carbocycles. The average Bonchev–Trinajstić information content (AvgIpc) is 3.44. The van der Waals surface area contributed by atoms with E-state index in [4.69, 9.17) is 25.8 Å². The van der Waals surface area contributed by atoms with Crippen molar-refractivity contribution in [3.8, 4) is 17.2 Å². The first kappa shape index (κ1) is 23.8. The van der Waals surface area contributed by atoms with E-state index in [1.165, 1.54) is 0 Å². The molecule has 0 bridgehead atoms. The van der Waals surface area contributed by atoms with Crippen molar-refractivity contribution >= 4 is 52.2 Å². The van der Waals surface area contributed by atoms with Crippen LogP contribution in [0.2, 0.25) is 5.02 Å². The summed E-state index contributed by atoms with van der Waals surface area (Å²) in [7, 11) is 0. The van der Waals surface area contributed by atoms with Gasteiger partial charge in [0.25, 0.3) is 11.1 Å². The van der Waals surface area contributed by atoms with Gasteiger partial charge in [-0.15, -0.1) is 0 Å². The Kier molecular flexibility index (Phi) is 6.84. The average molecular weight is 523 g/mol. The van der Waals surface area contributed by atoms with Crippen LogP contribution in [0.1, 0.15) is 11.1 Å². The van der Waals surface area contributed by atoms with Crippen molar-refractivity contribution in [2.24, 2.45) is 0 Å². The molecular weight excluding hydrogens is 504 g/mol. The molecule has 0 aromatic heterocycles. The van der Waals surface area contributed by atoms with E-state index in [0.29, 0.717) is 34.6 Å². The summed E-state index contributed by atoms with van der Waals surface area (Å²) >= 11 is 6.69. The number of nitrogens with zero attached hydrogens (tertiary/aromatic N) is 1. The number of nitrogens with one attached hydrogen (secondary N) is 1. The molecule has 1 saturated heterocycles. The lowest BCUT2D eigenvalue weighted by Crippen LogP contribution is -2.36. The number of hydrogen-bond donors (Lipinski definition) is 1. The highest BCUT2D eigenvalue weighted by atomic mass is 35.5. The van der Waals surface area contributed by atoms with Gasteiger partial charge in [0.15, 0.2) is 11.5 Å². The molecule has 2 aliphatic rings. The number of thioether (sulfide) groups is 1. The third-order valence-corrected chi connectivity index (χ3v) is 6.49. The van der Waals surface area contributed by atoms with E-state index < -0.39 is 23.6 Å².